The van der Waals surface area contributed by atoms with Gasteiger partial charge in [0.25, 0.3) is 0 Å². The lowest BCUT2D eigenvalue weighted by Crippen LogP contribution is -2.40. The van der Waals surface area contributed by atoms with Crippen molar-refractivity contribution in [3.8, 4) is 0 Å². The fourth-order valence-corrected chi connectivity index (χ4v) is 10.1. The maximum Gasteiger partial charge on any atom is 0.0701 e. The van der Waals surface area contributed by atoms with E-state index < -0.39 is 0 Å². The second-order valence-corrected chi connectivity index (χ2v) is 22.0. The topological polar surface area (TPSA) is 94.4 Å². The van der Waals surface area contributed by atoms with Gasteiger partial charge in [-0.15, -0.1) is 0 Å². The summed E-state index contributed by atoms with van der Waals surface area (Å²) in [5.41, 5.74) is 0. The molecule has 0 aromatic rings. The number of unbranched alkanes of at least 4 members (excludes halogenated alkanes) is 41. The molecule has 4 N–H and O–H groups in total. The SMILES string of the molecule is CCCCCCCCCCCCCCCCCCC(O)CNCCOCCOCCN(CC(O)CCCCCCCCCCCCCCCC)CC(O)CCCCCCCCCCCCCCCC. The zero-order valence-electron chi connectivity index (χ0n) is 47.4. The zero-order chi connectivity index (χ0) is 50.0. The van der Waals surface area contributed by atoms with Crippen LogP contribution in [0.2, 0.25) is 0 Å². The van der Waals surface area contributed by atoms with Crippen molar-refractivity contribution in [2.75, 3.05) is 59.2 Å². The van der Waals surface area contributed by atoms with E-state index in [0.717, 1.165) is 45.1 Å². The fraction of sp³-hybridized carbons (Fsp3) is 1.00. The molecular weight excluding hydrogens is 853 g/mol. The highest BCUT2D eigenvalue weighted by atomic mass is 16.5. The standard InChI is InChI=1S/C62H128N2O5/c1-4-7-10-13-16-19-22-25-28-29-32-33-36-39-42-45-48-60(65)57-63-51-53-68-55-56-69-54-52-64(58-61(66)49-46-43-40-37-34-30-26-23-20-17-14-11-8-5-2)59-62(67)50-47-44-41-38-35-31-27-24-21-18-15-12-9-6-3/h60-63,65-67H,4-59H2,1-3H3. The second kappa shape index (κ2) is 60.3. The van der Waals surface area contributed by atoms with E-state index in [9.17, 15) is 15.3 Å². The predicted octanol–water partition coefficient (Wildman–Crippen LogP) is 17.4. The molecule has 3 unspecified atom stereocenters. The molecule has 0 fully saturated rings. The van der Waals surface area contributed by atoms with Crippen molar-refractivity contribution in [2.24, 2.45) is 0 Å². The summed E-state index contributed by atoms with van der Waals surface area (Å²) in [4.78, 5) is 2.24. The Kier molecular flexibility index (Phi) is 60.0. The second-order valence-electron chi connectivity index (χ2n) is 22.0. The van der Waals surface area contributed by atoms with Gasteiger partial charge < -0.3 is 30.1 Å². The van der Waals surface area contributed by atoms with E-state index in [1.54, 1.807) is 0 Å². The number of nitrogens with one attached hydrogen (secondary N) is 1. The molecule has 0 bridgehead atoms. The molecule has 0 aromatic carbocycles. The third-order valence-electron chi connectivity index (χ3n) is 14.8. The van der Waals surface area contributed by atoms with Crippen molar-refractivity contribution in [1.29, 1.82) is 0 Å². The minimum Gasteiger partial charge on any atom is -0.392 e. The number of nitrogens with zero attached hydrogens (tertiary/aromatic N) is 1. The highest BCUT2D eigenvalue weighted by Gasteiger charge is 2.16. The molecule has 0 rings (SSSR count). The number of hydrogen-bond donors (Lipinski definition) is 4. The lowest BCUT2D eigenvalue weighted by Gasteiger charge is -2.27. The quantitative estimate of drug-likeness (QED) is 0.0451. The van der Waals surface area contributed by atoms with Gasteiger partial charge in [0.15, 0.2) is 0 Å². The lowest BCUT2D eigenvalue weighted by molar-refractivity contribution is 0.0186. The molecule has 416 valence electrons. The summed E-state index contributed by atoms with van der Waals surface area (Å²) in [5, 5.41) is 35.9. The normalized spacial score (nSPS) is 13.3. The largest absolute Gasteiger partial charge is 0.392 e. The predicted molar refractivity (Wildman–Crippen MR) is 303 cm³/mol. The monoisotopic (exact) mass is 981 g/mol. The molecule has 3 atom stereocenters. The average molecular weight is 982 g/mol. The van der Waals surface area contributed by atoms with Crippen LogP contribution in [-0.2, 0) is 9.47 Å². The van der Waals surface area contributed by atoms with E-state index >= 15 is 0 Å². The van der Waals surface area contributed by atoms with Gasteiger partial charge in [0, 0.05) is 32.7 Å². The molecule has 7 heteroatoms. The summed E-state index contributed by atoms with van der Waals surface area (Å²) < 4.78 is 11.8. The number of aliphatic hydroxyl groups is 3. The van der Waals surface area contributed by atoms with Gasteiger partial charge >= 0.3 is 0 Å². The van der Waals surface area contributed by atoms with E-state index in [1.807, 2.05) is 0 Å². The molecule has 0 aliphatic carbocycles. The first kappa shape index (κ1) is 68.7. The van der Waals surface area contributed by atoms with Gasteiger partial charge in [-0.3, -0.25) is 4.90 Å². The van der Waals surface area contributed by atoms with Gasteiger partial charge in [-0.25, -0.2) is 0 Å². The van der Waals surface area contributed by atoms with Crippen LogP contribution in [0.5, 0.6) is 0 Å². The molecule has 0 aliphatic heterocycles. The Labute approximate surface area is 433 Å². The smallest absolute Gasteiger partial charge is 0.0701 e. The Balaban J connectivity index is 4.14. The summed E-state index contributed by atoms with van der Waals surface area (Å²) in [6, 6.07) is 0. The van der Waals surface area contributed by atoms with Gasteiger partial charge in [0.05, 0.1) is 44.7 Å². The first-order chi connectivity index (χ1) is 34.0. The highest BCUT2D eigenvalue weighted by molar-refractivity contribution is 4.70. The number of hydrogen-bond acceptors (Lipinski definition) is 7. The van der Waals surface area contributed by atoms with Crippen LogP contribution < -0.4 is 5.32 Å². The molecule has 0 heterocycles. The average Bonchev–Trinajstić information content (AvgIpc) is 3.34. The minimum absolute atomic E-state index is 0.279. The van der Waals surface area contributed by atoms with Crippen molar-refractivity contribution < 1.29 is 24.8 Å². The molecule has 0 radical (unpaired) electrons. The number of ether oxygens (including phenoxy) is 2. The highest BCUT2D eigenvalue weighted by Crippen LogP contribution is 2.18. The van der Waals surface area contributed by atoms with Crippen LogP contribution in [0.25, 0.3) is 0 Å². The molecule has 7 nitrogen and oxygen atoms in total. The summed E-state index contributed by atoms with van der Waals surface area (Å²) in [7, 11) is 0. The molecule has 0 aromatic heterocycles. The maximum absolute atomic E-state index is 11.0. The van der Waals surface area contributed by atoms with Gasteiger partial charge in [-0.05, 0) is 19.3 Å². The van der Waals surface area contributed by atoms with Crippen LogP contribution in [-0.4, -0.2) is 97.7 Å². The Morgan fingerprint density at radius 1 is 0.304 bits per heavy atom. The molecule has 69 heavy (non-hydrogen) atoms. The van der Waals surface area contributed by atoms with Gasteiger partial charge in [0.2, 0.25) is 0 Å². The molecule has 0 saturated carbocycles. The molecule has 0 spiro atoms. The zero-order valence-corrected chi connectivity index (χ0v) is 47.4. The van der Waals surface area contributed by atoms with E-state index in [0.29, 0.717) is 52.6 Å². The van der Waals surface area contributed by atoms with Crippen molar-refractivity contribution in [2.45, 2.75) is 341 Å². The van der Waals surface area contributed by atoms with E-state index in [1.165, 1.54) is 263 Å². The molecule has 0 aliphatic rings. The van der Waals surface area contributed by atoms with E-state index in [4.69, 9.17) is 9.47 Å². The van der Waals surface area contributed by atoms with Crippen LogP contribution in [0.1, 0.15) is 323 Å². The third kappa shape index (κ3) is 58.5. The van der Waals surface area contributed by atoms with Crippen molar-refractivity contribution in [3.63, 3.8) is 0 Å². The first-order valence-corrected chi connectivity index (χ1v) is 31.7. The molecule has 0 saturated heterocycles. The van der Waals surface area contributed by atoms with Crippen LogP contribution in [0.3, 0.4) is 0 Å². The Hall–Kier alpha value is -0.280. The van der Waals surface area contributed by atoms with Crippen LogP contribution in [0.15, 0.2) is 0 Å². The number of aliphatic hydroxyl groups excluding tert-OH is 3. The third-order valence-corrected chi connectivity index (χ3v) is 14.8. The van der Waals surface area contributed by atoms with Gasteiger partial charge in [-0.1, -0.05) is 303 Å². The van der Waals surface area contributed by atoms with E-state index in [-0.39, 0.29) is 18.3 Å². The number of rotatable bonds is 62. The van der Waals surface area contributed by atoms with Crippen LogP contribution in [0, 0.1) is 0 Å². The Morgan fingerprint density at radius 2 is 0.551 bits per heavy atom. The Bertz CT molecular complexity index is 872. The maximum atomic E-state index is 11.0. The summed E-state index contributed by atoms with van der Waals surface area (Å²) in [6.45, 7) is 12.4. The fourth-order valence-electron chi connectivity index (χ4n) is 10.1. The first-order valence-electron chi connectivity index (χ1n) is 31.7. The molecular formula is C62H128N2O5. The van der Waals surface area contributed by atoms with Crippen molar-refractivity contribution >= 4 is 0 Å². The minimum atomic E-state index is -0.362. The van der Waals surface area contributed by atoms with E-state index in [2.05, 4.69) is 31.0 Å². The van der Waals surface area contributed by atoms with Crippen molar-refractivity contribution in [3.05, 3.63) is 0 Å². The Morgan fingerprint density at radius 3 is 0.841 bits per heavy atom. The lowest BCUT2D eigenvalue weighted by atomic mass is 10.0. The summed E-state index contributed by atoms with van der Waals surface area (Å²) >= 11 is 0. The van der Waals surface area contributed by atoms with Gasteiger partial charge in [-0.2, -0.15) is 0 Å². The summed E-state index contributed by atoms with van der Waals surface area (Å²) in [5.74, 6) is 0. The van der Waals surface area contributed by atoms with Gasteiger partial charge in [0.1, 0.15) is 0 Å². The van der Waals surface area contributed by atoms with Crippen LogP contribution >= 0.6 is 0 Å². The van der Waals surface area contributed by atoms with Crippen molar-refractivity contribution in [1.82, 2.24) is 10.2 Å². The molecule has 0 amide bonds. The van der Waals surface area contributed by atoms with Crippen LogP contribution in [0.4, 0.5) is 0 Å². The summed E-state index contributed by atoms with van der Waals surface area (Å²) in [6.07, 6.45) is 61.2.